The molecule has 0 bridgehead atoms. The van der Waals surface area contributed by atoms with Crippen molar-refractivity contribution in [1.29, 1.82) is 0 Å². The summed E-state index contributed by atoms with van der Waals surface area (Å²) in [5.74, 6) is 2.45. The topological polar surface area (TPSA) is 35.2 Å². The van der Waals surface area contributed by atoms with Gasteiger partial charge in [-0.1, -0.05) is 44.4 Å². The molecule has 2 nitrogen and oxygen atoms in total. The van der Waals surface area contributed by atoms with Crippen LogP contribution in [0.4, 0.5) is 0 Å². The van der Waals surface area contributed by atoms with E-state index in [-0.39, 0.29) is 6.04 Å². The molecule has 2 rings (SSSR count). The van der Waals surface area contributed by atoms with Crippen LogP contribution in [0.3, 0.4) is 0 Å². The molecule has 1 fully saturated rings. The van der Waals surface area contributed by atoms with Gasteiger partial charge in [0.1, 0.15) is 12.4 Å². The summed E-state index contributed by atoms with van der Waals surface area (Å²) in [7, 11) is 0. The van der Waals surface area contributed by atoms with Gasteiger partial charge in [-0.3, -0.25) is 0 Å². The molecule has 3 unspecified atom stereocenters. The van der Waals surface area contributed by atoms with E-state index in [1.165, 1.54) is 32.1 Å². The zero-order valence-corrected chi connectivity index (χ0v) is 11.3. The predicted octanol–water partition coefficient (Wildman–Crippen LogP) is 3.61. The summed E-state index contributed by atoms with van der Waals surface area (Å²) in [4.78, 5) is 0. The van der Waals surface area contributed by atoms with E-state index in [0.717, 1.165) is 11.7 Å². The van der Waals surface area contributed by atoms with Crippen molar-refractivity contribution < 1.29 is 4.74 Å². The molecule has 0 aliphatic heterocycles. The Bertz CT molecular complexity index is 338. The van der Waals surface area contributed by atoms with Gasteiger partial charge >= 0.3 is 0 Å². The van der Waals surface area contributed by atoms with Gasteiger partial charge in [0.2, 0.25) is 0 Å². The van der Waals surface area contributed by atoms with E-state index in [0.29, 0.717) is 12.5 Å². The third-order valence-electron chi connectivity index (χ3n) is 4.19. The van der Waals surface area contributed by atoms with Crippen molar-refractivity contribution in [2.24, 2.45) is 17.6 Å². The van der Waals surface area contributed by atoms with Gasteiger partial charge in [-0.05, 0) is 36.8 Å². The molecular weight excluding hydrogens is 222 g/mol. The molecule has 1 aliphatic carbocycles. The highest BCUT2D eigenvalue weighted by Gasteiger charge is 2.25. The van der Waals surface area contributed by atoms with Crippen molar-refractivity contribution in [2.75, 3.05) is 6.61 Å². The third kappa shape index (κ3) is 3.74. The number of nitrogens with two attached hydrogens (primary N) is 1. The molecule has 1 aliphatic rings. The summed E-state index contributed by atoms with van der Waals surface area (Å²) in [6, 6.07) is 10.1. The molecule has 0 spiro atoms. The van der Waals surface area contributed by atoms with E-state index in [4.69, 9.17) is 10.5 Å². The number of hydrogen-bond acceptors (Lipinski definition) is 2. The fourth-order valence-corrected chi connectivity index (χ4v) is 2.94. The maximum absolute atomic E-state index is 6.29. The van der Waals surface area contributed by atoms with Gasteiger partial charge in [-0.2, -0.15) is 0 Å². The smallest absolute Gasteiger partial charge is 0.119 e. The molecule has 0 amide bonds. The van der Waals surface area contributed by atoms with Crippen molar-refractivity contribution in [2.45, 2.75) is 45.1 Å². The summed E-state index contributed by atoms with van der Waals surface area (Å²) in [6.07, 6.45) is 6.58. The quantitative estimate of drug-likeness (QED) is 0.862. The largest absolute Gasteiger partial charge is 0.492 e. The van der Waals surface area contributed by atoms with E-state index in [1.54, 1.807) is 0 Å². The number of rotatable bonds is 5. The van der Waals surface area contributed by atoms with Crippen LogP contribution in [0, 0.1) is 11.8 Å². The molecule has 100 valence electrons. The lowest BCUT2D eigenvalue weighted by Gasteiger charge is -2.32. The van der Waals surface area contributed by atoms with Gasteiger partial charge in [-0.25, -0.2) is 0 Å². The van der Waals surface area contributed by atoms with E-state index in [2.05, 4.69) is 6.92 Å². The van der Waals surface area contributed by atoms with Crippen LogP contribution in [0.1, 0.15) is 39.0 Å². The second-order valence-corrected chi connectivity index (χ2v) is 5.49. The predicted molar refractivity (Wildman–Crippen MR) is 75.7 cm³/mol. The molecule has 0 radical (unpaired) electrons. The van der Waals surface area contributed by atoms with Gasteiger partial charge in [0.25, 0.3) is 0 Å². The molecule has 1 aromatic rings. The van der Waals surface area contributed by atoms with E-state index in [9.17, 15) is 0 Å². The highest BCUT2D eigenvalue weighted by molar-refractivity contribution is 5.20. The standard InChI is InChI=1S/C16H25NO/c1-2-13-7-6-8-14(11-13)16(17)12-18-15-9-4-3-5-10-15/h3-5,9-10,13-14,16H,2,6-8,11-12,17H2,1H3. The van der Waals surface area contributed by atoms with Crippen molar-refractivity contribution >= 4 is 0 Å². The number of para-hydroxylation sites is 1. The minimum Gasteiger partial charge on any atom is -0.492 e. The Balaban J connectivity index is 1.79. The van der Waals surface area contributed by atoms with Crippen molar-refractivity contribution in [3.05, 3.63) is 30.3 Å². The van der Waals surface area contributed by atoms with E-state index < -0.39 is 0 Å². The molecule has 0 heterocycles. The molecule has 0 saturated heterocycles. The highest BCUT2D eigenvalue weighted by atomic mass is 16.5. The highest BCUT2D eigenvalue weighted by Crippen LogP contribution is 2.32. The van der Waals surface area contributed by atoms with Crippen molar-refractivity contribution in [3.8, 4) is 5.75 Å². The van der Waals surface area contributed by atoms with E-state index >= 15 is 0 Å². The van der Waals surface area contributed by atoms with Crippen LogP contribution in [0.15, 0.2) is 30.3 Å². The molecule has 1 aromatic carbocycles. The SMILES string of the molecule is CCC1CCCC(C(N)COc2ccccc2)C1. The average molecular weight is 247 g/mol. The lowest BCUT2D eigenvalue weighted by Crippen LogP contribution is -2.38. The first kappa shape index (κ1) is 13.4. The summed E-state index contributed by atoms with van der Waals surface area (Å²) in [5, 5.41) is 0. The zero-order chi connectivity index (χ0) is 12.8. The molecule has 18 heavy (non-hydrogen) atoms. The Morgan fingerprint density at radius 1 is 1.28 bits per heavy atom. The second kappa shape index (κ2) is 6.79. The van der Waals surface area contributed by atoms with Crippen LogP contribution in [-0.4, -0.2) is 12.6 Å². The van der Waals surface area contributed by atoms with E-state index in [1.807, 2.05) is 30.3 Å². The zero-order valence-electron chi connectivity index (χ0n) is 11.3. The number of benzene rings is 1. The van der Waals surface area contributed by atoms with Gasteiger partial charge in [0.15, 0.2) is 0 Å². The molecule has 3 atom stereocenters. The van der Waals surface area contributed by atoms with Crippen LogP contribution in [0.2, 0.25) is 0 Å². The number of ether oxygens (including phenoxy) is 1. The lowest BCUT2D eigenvalue weighted by atomic mass is 9.77. The maximum atomic E-state index is 6.29. The Morgan fingerprint density at radius 2 is 2.06 bits per heavy atom. The Hall–Kier alpha value is -1.02. The molecule has 1 saturated carbocycles. The summed E-state index contributed by atoms with van der Waals surface area (Å²) >= 11 is 0. The Kier molecular flexibility index (Phi) is 5.06. The fraction of sp³-hybridized carbons (Fsp3) is 0.625. The van der Waals surface area contributed by atoms with Crippen LogP contribution in [0.25, 0.3) is 0 Å². The monoisotopic (exact) mass is 247 g/mol. The average Bonchev–Trinajstić information content (AvgIpc) is 2.46. The summed E-state index contributed by atoms with van der Waals surface area (Å²) in [5.41, 5.74) is 6.29. The third-order valence-corrected chi connectivity index (χ3v) is 4.19. The minimum absolute atomic E-state index is 0.180. The normalized spacial score (nSPS) is 25.7. The first-order valence-electron chi connectivity index (χ1n) is 7.23. The minimum atomic E-state index is 0.180. The fourth-order valence-electron chi connectivity index (χ4n) is 2.94. The van der Waals surface area contributed by atoms with Crippen molar-refractivity contribution in [1.82, 2.24) is 0 Å². The molecule has 2 heteroatoms. The maximum Gasteiger partial charge on any atom is 0.119 e. The molecular formula is C16H25NO. The van der Waals surface area contributed by atoms with Crippen LogP contribution in [0.5, 0.6) is 5.75 Å². The van der Waals surface area contributed by atoms with Gasteiger partial charge in [-0.15, -0.1) is 0 Å². The van der Waals surface area contributed by atoms with Gasteiger partial charge in [0.05, 0.1) is 0 Å². The first-order chi connectivity index (χ1) is 8.79. The second-order valence-electron chi connectivity index (χ2n) is 5.49. The first-order valence-corrected chi connectivity index (χ1v) is 7.23. The summed E-state index contributed by atoms with van der Waals surface area (Å²) in [6.45, 7) is 2.93. The molecule has 0 aromatic heterocycles. The lowest BCUT2D eigenvalue weighted by molar-refractivity contribution is 0.181. The number of hydrogen-bond donors (Lipinski definition) is 1. The summed E-state index contributed by atoms with van der Waals surface area (Å²) < 4.78 is 5.76. The Morgan fingerprint density at radius 3 is 2.78 bits per heavy atom. The molecule has 2 N–H and O–H groups in total. The van der Waals surface area contributed by atoms with Crippen LogP contribution >= 0.6 is 0 Å². The van der Waals surface area contributed by atoms with Crippen LogP contribution < -0.4 is 10.5 Å². The van der Waals surface area contributed by atoms with Crippen molar-refractivity contribution in [3.63, 3.8) is 0 Å². The Labute approximate surface area is 111 Å². The van der Waals surface area contributed by atoms with Gasteiger partial charge in [0, 0.05) is 6.04 Å². The van der Waals surface area contributed by atoms with Gasteiger partial charge < -0.3 is 10.5 Å². The van der Waals surface area contributed by atoms with Crippen LogP contribution in [-0.2, 0) is 0 Å².